The minimum Gasteiger partial charge on any atom is -0.366 e. The number of aromatic nitrogens is 2. The minimum atomic E-state index is -0.491. The van der Waals surface area contributed by atoms with Crippen LogP contribution in [0.1, 0.15) is 48.5 Å². The zero-order valence-electron chi connectivity index (χ0n) is 18.1. The SMILES string of the molecule is CC(C)c1cc2cc(Br)ccc2nc1NC(=O)C1CCN(c2ccc(C(N)=O)cn2)CC1. The predicted octanol–water partition coefficient (Wildman–Crippen LogP) is 4.47. The Kier molecular flexibility index (Phi) is 6.41. The number of anilines is 2. The fourth-order valence-corrected chi connectivity index (χ4v) is 4.39. The number of nitrogens with one attached hydrogen (secondary N) is 1. The molecule has 32 heavy (non-hydrogen) atoms. The summed E-state index contributed by atoms with van der Waals surface area (Å²) in [5.74, 6) is 1.10. The maximum absolute atomic E-state index is 13.1. The van der Waals surface area contributed by atoms with E-state index < -0.39 is 5.91 Å². The summed E-state index contributed by atoms with van der Waals surface area (Å²) in [6, 6.07) is 11.5. The molecule has 0 unspecified atom stereocenters. The Labute approximate surface area is 195 Å². The predicted molar refractivity (Wildman–Crippen MR) is 130 cm³/mol. The quantitative estimate of drug-likeness (QED) is 0.543. The molecule has 2 amide bonds. The van der Waals surface area contributed by atoms with Crippen molar-refractivity contribution in [3.8, 4) is 0 Å². The van der Waals surface area contributed by atoms with Crippen molar-refractivity contribution in [1.29, 1.82) is 0 Å². The lowest BCUT2D eigenvalue weighted by molar-refractivity contribution is -0.120. The highest BCUT2D eigenvalue weighted by Gasteiger charge is 2.27. The van der Waals surface area contributed by atoms with E-state index in [0.717, 1.165) is 52.7 Å². The van der Waals surface area contributed by atoms with Crippen LogP contribution in [-0.2, 0) is 4.79 Å². The monoisotopic (exact) mass is 495 g/mol. The summed E-state index contributed by atoms with van der Waals surface area (Å²) in [4.78, 5) is 35.5. The smallest absolute Gasteiger partial charge is 0.250 e. The Balaban J connectivity index is 1.44. The summed E-state index contributed by atoms with van der Waals surface area (Å²) >= 11 is 3.51. The van der Waals surface area contributed by atoms with E-state index in [1.165, 1.54) is 6.20 Å². The number of pyridine rings is 2. The molecule has 0 bridgehead atoms. The van der Waals surface area contributed by atoms with Crippen molar-refractivity contribution in [3.63, 3.8) is 0 Å². The molecule has 1 fully saturated rings. The number of carbonyl (C=O) groups excluding carboxylic acids is 2. The average molecular weight is 496 g/mol. The van der Waals surface area contributed by atoms with Gasteiger partial charge in [-0.05, 0) is 60.7 Å². The standard InChI is InChI=1S/C24H26BrN5O2/c1-14(2)19-12-17-11-18(25)4-5-20(17)28-23(19)29-24(32)15-7-9-30(10-8-15)21-6-3-16(13-27-21)22(26)31/h3-6,11-15H,7-10H2,1-2H3,(H2,26,31)(H,28,29,32). The molecule has 2 aromatic heterocycles. The van der Waals surface area contributed by atoms with Crippen LogP contribution < -0.4 is 16.0 Å². The topological polar surface area (TPSA) is 101 Å². The number of hydrogen-bond donors (Lipinski definition) is 2. The van der Waals surface area contributed by atoms with E-state index in [1.807, 2.05) is 18.2 Å². The van der Waals surface area contributed by atoms with Gasteiger partial charge in [-0.1, -0.05) is 29.8 Å². The summed E-state index contributed by atoms with van der Waals surface area (Å²) < 4.78 is 1.00. The summed E-state index contributed by atoms with van der Waals surface area (Å²) in [6.45, 7) is 5.64. The first-order valence-electron chi connectivity index (χ1n) is 10.7. The Morgan fingerprint density at radius 2 is 1.91 bits per heavy atom. The molecular formula is C24H26BrN5O2. The molecule has 1 aliphatic heterocycles. The van der Waals surface area contributed by atoms with Gasteiger partial charge in [-0.25, -0.2) is 9.97 Å². The van der Waals surface area contributed by atoms with Crippen LogP contribution in [-0.4, -0.2) is 34.9 Å². The van der Waals surface area contributed by atoms with Crippen LogP contribution in [0.25, 0.3) is 10.9 Å². The number of amides is 2. The van der Waals surface area contributed by atoms with Crippen LogP contribution in [0.3, 0.4) is 0 Å². The number of nitrogens with two attached hydrogens (primary N) is 1. The molecule has 8 heteroatoms. The number of carbonyl (C=O) groups is 2. The van der Waals surface area contributed by atoms with Crippen molar-refractivity contribution < 1.29 is 9.59 Å². The minimum absolute atomic E-state index is 0.00699. The number of nitrogens with zero attached hydrogens (tertiary/aromatic N) is 3. The average Bonchev–Trinajstić information content (AvgIpc) is 2.78. The van der Waals surface area contributed by atoms with E-state index in [4.69, 9.17) is 10.7 Å². The van der Waals surface area contributed by atoms with E-state index in [1.54, 1.807) is 12.1 Å². The van der Waals surface area contributed by atoms with Gasteiger partial charge in [0.1, 0.15) is 11.6 Å². The van der Waals surface area contributed by atoms with Crippen molar-refractivity contribution in [3.05, 3.63) is 58.2 Å². The van der Waals surface area contributed by atoms with E-state index in [2.05, 4.69) is 51.0 Å². The third kappa shape index (κ3) is 4.75. The highest BCUT2D eigenvalue weighted by molar-refractivity contribution is 9.10. The Hall–Kier alpha value is -3.00. The number of hydrogen-bond acceptors (Lipinski definition) is 5. The molecule has 1 aliphatic rings. The summed E-state index contributed by atoms with van der Waals surface area (Å²) in [6.07, 6.45) is 2.94. The lowest BCUT2D eigenvalue weighted by atomic mass is 9.95. The van der Waals surface area contributed by atoms with Crippen molar-refractivity contribution in [1.82, 2.24) is 9.97 Å². The van der Waals surface area contributed by atoms with Gasteiger partial charge < -0.3 is 16.0 Å². The zero-order chi connectivity index (χ0) is 22.8. The number of fused-ring (bicyclic) bond motifs is 1. The first kappa shape index (κ1) is 22.2. The second-order valence-corrected chi connectivity index (χ2v) is 9.35. The normalized spacial score (nSPS) is 14.7. The van der Waals surface area contributed by atoms with Crippen molar-refractivity contribution in [2.24, 2.45) is 11.7 Å². The lowest BCUT2D eigenvalue weighted by Gasteiger charge is -2.32. The van der Waals surface area contributed by atoms with Crippen molar-refractivity contribution in [2.75, 3.05) is 23.3 Å². The zero-order valence-corrected chi connectivity index (χ0v) is 19.7. The van der Waals surface area contributed by atoms with Gasteiger partial charge in [0.15, 0.2) is 0 Å². The van der Waals surface area contributed by atoms with Crippen LogP contribution >= 0.6 is 15.9 Å². The Bertz CT molecular complexity index is 1160. The van der Waals surface area contributed by atoms with Crippen LogP contribution in [0.2, 0.25) is 0 Å². The molecule has 0 spiro atoms. The van der Waals surface area contributed by atoms with E-state index >= 15 is 0 Å². The first-order valence-corrected chi connectivity index (χ1v) is 11.5. The highest BCUT2D eigenvalue weighted by Crippen LogP contribution is 2.30. The van der Waals surface area contributed by atoms with Gasteiger partial charge in [0.2, 0.25) is 11.8 Å². The van der Waals surface area contributed by atoms with E-state index in [-0.39, 0.29) is 17.7 Å². The number of rotatable bonds is 5. The summed E-state index contributed by atoms with van der Waals surface area (Å²) in [5.41, 5.74) is 7.55. The largest absolute Gasteiger partial charge is 0.366 e. The third-order valence-corrected chi connectivity index (χ3v) is 6.39. The Morgan fingerprint density at radius 1 is 1.16 bits per heavy atom. The van der Waals surface area contributed by atoms with Crippen molar-refractivity contribution >= 4 is 50.3 Å². The molecule has 0 aliphatic carbocycles. The number of primary amides is 1. The molecule has 3 aromatic rings. The molecule has 0 atom stereocenters. The third-order valence-electron chi connectivity index (χ3n) is 5.89. The van der Waals surface area contributed by atoms with Gasteiger partial charge >= 0.3 is 0 Å². The number of piperidine rings is 1. The summed E-state index contributed by atoms with van der Waals surface area (Å²) in [5, 5.41) is 4.14. The van der Waals surface area contributed by atoms with E-state index in [9.17, 15) is 9.59 Å². The van der Waals surface area contributed by atoms with Gasteiger partial charge in [-0.3, -0.25) is 9.59 Å². The molecule has 4 rings (SSSR count). The fraction of sp³-hybridized carbons (Fsp3) is 0.333. The second kappa shape index (κ2) is 9.24. The molecule has 166 valence electrons. The molecule has 7 nitrogen and oxygen atoms in total. The number of halogens is 1. The lowest BCUT2D eigenvalue weighted by Crippen LogP contribution is -2.38. The maximum atomic E-state index is 13.1. The van der Waals surface area contributed by atoms with Crippen molar-refractivity contribution in [2.45, 2.75) is 32.6 Å². The molecule has 1 aromatic carbocycles. The van der Waals surface area contributed by atoms with Crippen LogP contribution in [0.15, 0.2) is 47.1 Å². The van der Waals surface area contributed by atoms with Gasteiger partial charge in [0.25, 0.3) is 0 Å². The van der Waals surface area contributed by atoms with Gasteiger partial charge in [0, 0.05) is 35.1 Å². The molecule has 3 N–H and O–H groups in total. The van der Waals surface area contributed by atoms with Gasteiger partial charge in [-0.15, -0.1) is 0 Å². The highest BCUT2D eigenvalue weighted by atomic mass is 79.9. The first-order chi connectivity index (χ1) is 15.3. The second-order valence-electron chi connectivity index (χ2n) is 8.44. The molecule has 3 heterocycles. The molecule has 0 radical (unpaired) electrons. The fourth-order valence-electron chi connectivity index (χ4n) is 4.01. The Morgan fingerprint density at radius 3 is 2.53 bits per heavy atom. The molecule has 1 saturated heterocycles. The van der Waals surface area contributed by atoms with Gasteiger partial charge in [-0.2, -0.15) is 0 Å². The molecular weight excluding hydrogens is 470 g/mol. The summed E-state index contributed by atoms with van der Waals surface area (Å²) in [7, 11) is 0. The maximum Gasteiger partial charge on any atom is 0.250 e. The van der Waals surface area contributed by atoms with E-state index in [0.29, 0.717) is 11.4 Å². The number of benzene rings is 1. The van der Waals surface area contributed by atoms with Crippen LogP contribution in [0.5, 0.6) is 0 Å². The van der Waals surface area contributed by atoms with Crippen LogP contribution in [0.4, 0.5) is 11.6 Å². The molecule has 0 saturated carbocycles. The van der Waals surface area contributed by atoms with Gasteiger partial charge in [0.05, 0.1) is 11.1 Å². The van der Waals surface area contributed by atoms with Crippen LogP contribution in [0, 0.1) is 5.92 Å².